The van der Waals surface area contributed by atoms with Crippen molar-refractivity contribution in [1.29, 1.82) is 0 Å². The molecule has 0 aliphatic carbocycles. The third-order valence-electron chi connectivity index (χ3n) is 2.99. The minimum absolute atomic E-state index is 0.103. The molecule has 0 radical (unpaired) electrons. The first-order chi connectivity index (χ1) is 7.76. The van der Waals surface area contributed by atoms with E-state index in [1.165, 1.54) is 19.3 Å². The lowest BCUT2D eigenvalue weighted by Crippen LogP contribution is -2.16. The number of carbonyl (C=O) groups is 1. The van der Waals surface area contributed by atoms with Crippen LogP contribution in [0.5, 0.6) is 0 Å². The van der Waals surface area contributed by atoms with E-state index in [1.807, 2.05) is 0 Å². The molecule has 0 saturated carbocycles. The van der Waals surface area contributed by atoms with Crippen molar-refractivity contribution < 1.29 is 14.9 Å². The van der Waals surface area contributed by atoms with Crippen molar-refractivity contribution >= 4 is 5.97 Å². The van der Waals surface area contributed by atoms with Gasteiger partial charge in [0.2, 0.25) is 0 Å². The molecule has 1 unspecified atom stereocenters. The van der Waals surface area contributed by atoms with E-state index >= 15 is 0 Å². The van der Waals surface area contributed by atoms with Crippen LogP contribution in [0, 0.1) is 5.92 Å². The zero-order valence-electron chi connectivity index (χ0n) is 10.7. The molecule has 0 aliphatic heterocycles. The molecule has 0 rings (SSSR count). The minimum atomic E-state index is -0.451. The summed E-state index contributed by atoms with van der Waals surface area (Å²) in [6.45, 7) is 4.31. The van der Waals surface area contributed by atoms with Gasteiger partial charge >= 0.3 is 5.97 Å². The zero-order valence-corrected chi connectivity index (χ0v) is 10.7. The fraction of sp³-hybridized carbons (Fsp3) is 0.923. The molecule has 3 nitrogen and oxygen atoms in total. The smallest absolute Gasteiger partial charge is 0.301 e. The largest absolute Gasteiger partial charge is 0.345 e. The second-order valence-corrected chi connectivity index (χ2v) is 4.45. The Morgan fingerprint density at radius 3 is 2.00 bits per heavy atom. The van der Waals surface area contributed by atoms with Crippen molar-refractivity contribution in [1.82, 2.24) is 0 Å². The van der Waals surface area contributed by atoms with Gasteiger partial charge in [-0.3, -0.25) is 0 Å². The van der Waals surface area contributed by atoms with Crippen LogP contribution in [0.2, 0.25) is 0 Å². The Kier molecular flexibility index (Phi) is 10.5. The molecular formula is C13H26O3. The average molecular weight is 230 g/mol. The first kappa shape index (κ1) is 15.4. The highest BCUT2D eigenvalue weighted by molar-refractivity contribution is 5.71. The molecule has 0 aromatic rings. The summed E-state index contributed by atoms with van der Waals surface area (Å²) in [4.78, 5) is 15.2. The SMILES string of the molecule is CCCCCCC(CCCCC)C(=O)OO. The highest BCUT2D eigenvalue weighted by Gasteiger charge is 2.19. The maximum atomic E-state index is 11.3. The molecule has 3 heteroatoms. The maximum absolute atomic E-state index is 11.3. The number of hydrogen-bond acceptors (Lipinski definition) is 3. The molecular weight excluding hydrogens is 204 g/mol. The second-order valence-electron chi connectivity index (χ2n) is 4.45. The normalized spacial score (nSPS) is 12.4. The molecule has 16 heavy (non-hydrogen) atoms. The van der Waals surface area contributed by atoms with Crippen LogP contribution >= 0.6 is 0 Å². The van der Waals surface area contributed by atoms with Gasteiger partial charge in [0.25, 0.3) is 0 Å². The van der Waals surface area contributed by atoms with Gasteiger partial charge in [0.05, 0.1) is 5.92 Å². The van der Waals surface area contributed by atoms with Gasteiger partial charge in [-0.25, -0.2) is 4.79 Å². The van der Waals surface area contributed by atoms with Gasteiger partial charge in [0, 0.05) is 0 Å². The molecule has 0 spiro atoms. The van der Waals surface area contributed by atoms with Crippen LogP contribution in [-0.4, -0.2) is 11.2 Å². The van der Waals surface area contributed by atoms with Gasteiger partial charge in [-0.2, -0.15) is 5.26 Å². The lowest BCUT2D eigenvalue weighted by atomic mass is 9.95. The fourth-order valence-corrected chi connectivity index (χ4v) is 1.91. The van der Waals surface area contributed by atoms with E-state index in [2.05, 4.69) is 18.7 Å². The van der Waals surface area contributed by atoms with E-state index in [0.717, 1.165) is 38.5 Å². The summed E-state index contributed by atoms with van der Waals surface area (Å²) in [7, 11) is 0. The molecule has 0 heterocycles. The van der Waals surface area contributed by atoms with E-state index in [0.29, 0.717) is 0 Å². The molecule has 0 aromatic carbocycles. The van der Waals surface area contributed by atoms with Crippen LogP contribution < -0.4 is 0 Å². The molecule has 0 saturated heterocycles. The predicted octanol–water partition coefficient (Wildman–Crippen LogP) is 4.17. The quantitative estimate of drug-likeness (QED) is 0.348. The number of carbonyl (C=O) groups excluding carboxylic acids is 1. The summed E-state index contributed by atoms with van der Waals surface area (Å²) in [5.74, 6) is -0.555. The Morgan fingerprint density at radius 2 is 1.50 bits per heavy atom. The Bertz CT molecular complexity index is 169. The van der Waals surface area contributed by atoms with Crippen molar-refractivity contribution in [2.75, 3.05) is 0 Å². The number of unbranched alkanes of at least 4 members (excludes halogenated alkanes) is 5. The van der Waals surface area contributed by atoms with Crippen LogP contribution in [0.3, 0.4) is 0 Å². The second kappa shape index (κ2) is 10.9. The minimum Gasteiger partial charge on any atom is -0.301 e. The average Bonchev–Trinajstić information content (AvgIpc) is 2.31. The summed E-state index contributed by atoms with van der Waals surface area (Å²) < 4.78 is 0. The topological polar surface area (TPSA) is 46.5 Å². The van der Waals surface area contributed by atoms with Crippen molar-refractivity contribution in [2.45, 2.75) is 71.6 Å². The van der Waals surface area contributed by atoms with Crippen molar-refractivity contribution in [3.8, 4) is 0 Å². The highest BCUT2D eigenvalue weighted by Crippen LogP contribution is 2.19. The fourth-order valence-electron chi connectivity index (χ4n) is 1.91. The highest BCUT2D eigenvalue weighted by atomic mass is 17.1. The lowest BCUT2D eigenvalue weighted by Gasteiger charge is -2.12. The third kappa shape index (κ3) is 7.69. The van der Waals surface area contributed by atoms with Crippen molar-refractivity contribution in [3.63, 3.8) is 0 Å². The Balaban J connectivity index is 3.77. The van der Waals surface area contributed by atoms with Crippen LogP contribution in [0.4, 0.5) is 0 Å². The monoisotopic (exact) mass is 230 g/mol. The first-order valence-electron chi connectivity index (χ1n) is 6.61. The van der Waals surface area contributed by atoms with Gasteiger partial charge in [0.1, 0.15) is 0 Å². The Morgan fingerprint density at radius 1 is 1.00 bits per heavy atom. The van der Waals surface area contributed by atoms with Crippen molar-refractivity contribution in [2.24, 2.45) is 5.92 Å². The van der Waals surface area contributed by atoms with Crippen LogP contribution in [0.15, 0.2) is 0 Å². The standard InChI is InChI=1S/C13H26O3/c1-3-5-7-9-11-12(13(14)16-15)10-8-6-4-2/h12,15H,3-11H2,1-2H3. The molecule has 1 N–H and O–H groups in total. The Labute approximate surface area is 99.1 Å². The molecule has 0 aliphatic rings. The van der Waals surface area contributed by atoms with E-state index in [1.54, 1.807) is 0 Å². The molecule has 0 bridgehead atoms. The van der Waals surface area contributed by atoms with Gasteiger partial charge in [0.15, 0.2) is 0 Å². The van der Waals surface area contributed by atoms with E-state index in [9.17, 15) is 4.79 Å². The summed E-state index contributed by atoms with van der Waals surface area (Å²) in [5.41, 5.74) is 0. The number of hydrogen-bond donors (Lipinski definition) is 1. The summed E-state index contributed by atoms with van der Waals surface area (Å²) in [5, 5.41) is 8.41. The summed E-state index contributed by atoms with van der Waals surface area (Å²) in [6, 6.07) is 0. The summed E-state index contributed by atoms with van der Waals surface area (Å²) >= 11 is 0. The van der Waals surface area contributed by atoms with E-state index < -0.39 is 5.97 Å². The maximum Gasteiger partial charge on any atom is 0.345 e. The lowest BCUT2D eigenvalue weighted by molar-refractivity contribution is -0.239. The molecule has 0 fully saturated rings. The van der Waals surface area contributed by atoms with Gasteiger partial charge in [-0.05, 0) is 12.8 Å². The van der Waals surface area contributed by atoms with E-state index in [-0.39, 0.29) is 5.92 Å². The molecule has 1 atom stereocenters. The van der Waals surface area contributed by atoms with Crippen molar-refractivity contribution in [3.05, 3.63) is 0 Å². The predicted molar refractivity (Wildman–Crippen MR) is 65.1 cm³/mol. The summed E-state index contributed by atoms with van der Waals surface area (Å²) in [6.07, 6.45) is 9.67. The number of rotatable bonds is 10. The molecule has 96 valence electrons. The molecule has 0 aromatic heterocycles. The first-order valence-corrected chi connectivity index (χ1v) is 6.61. The van der Waals surface area contributed by atoms with Crippen LogP contribution in [0.25, 0.3) is 0 Å². The van der Waals surface area contributed by atoms with E-state index in [4.69, 9.17) is 5.26 Å². The molecule has 0 amide bonds. The van der Waals surface area contributed by atoms with Crippen LogP contribution in [0.1, 0.15) is 71.6 Å². The Hall–Kier alpha value is -0.570. The zero-order chi connectivity index (χ0) is 12.2. The van der Waals surface area contributed by atoms with Gasteiger partial charge in [-0.15, -0.1) is 0 Å². The van der Waals surface area contributed by atoms with Gasteiger partial charge in [-0.1, -0.05) is 58.8 Å². The van der Waals surface area contributed by atoms with Gasteiger partial charge < -0.3 is 4.89 Å². The third-order valence-corrected chi connectivity index (χ3v) is 2.99. The van der Waals surface area contributed by atoms with Crippen LogP contribution in [-0.2, 0) is 9.68 Å².